The van der Waals surface area contributed by atoms with E-state index in [1.165, 1.54) is 0 Å². The van der Waals surface area contributed by atoms with Gasteiger partial charge in [0.05, 0.1) is 6.10 Å². The third-order valence-electron chi connectivity index (χ3n) is 4.33. The maximum atomic E-state index is 12.4. The van der Waals surface area contributed by atoms with Crippen LogP contribution in [0, 0.1) is 5.92 Å². The van der Waals surface area contributed by atoms with Gasteiger partial charge in [-0.3, -0.25) is 0 Å². The number of nitrogens with zero attached hydrogens (tertiary/aromatic N) is 1. The van der Waals surface area contributed by atoms with E-state index in [2.05, 4.69) is 5.32 Å². The van der Waals surface area contributed by atoms with Crippen LogP contribution in [0.3, 0.4) is 0 Å². The molecule has 0 spiro atoms. The second-order valence-corrected chi connectivity index (χ2v) is 7.55. The van der Waals surface area contributed by atoms with Crippen LogP contribution in [-0.4, -0.2) is 40.8 Å². The Morgan fingerprint density at radius 3 is 2.54 bits per heavy atom. The number of carbonyl (C=O) groups excluding carboxylic acids is 1. The number of carbonyl (C=O) groups is 1. The Morgan fingerprint density at radius 1 is 1.33 bits per heavy atom. The molecule has 134 valence electrons. The molecule has 0 saturated carbocycles. The van der Waals surface area contributed by atoms with Gasteiger partial charge >= 0.3 is 6.03 Å². The maximum Gasteiger partial charge on any atom is 0.317 e. The molecular formula is C19H30N2O3. The summed E-state index contributed by atoms with van der Waals surface area (Å²) in [6.45, 7) is 9.69. The fraction of sp³-hybridized carbons (Fsp3) is 0.632. The van der Waals surface area contributed by atoms with Crippen molar-refractivity contribution in [3.05, 3.63) is 29.8 Å². The van der Waals surface area contributed by atoms with Crippen LogP contribution in [0.25, 0.3) is 0 Å². The van der Waals surface area contributed by atoms with E-state index in [1.54, 1.807) is 0 Å². The first-order chi connectivity index (χ1) is 11.3. The van der Waals surface area contributed by atoms with Crippen molar-refractivity contribution in [2.75, 3.05) is 13.1 Å². The second kappa shape index (κ2) is 7.88. The number of para-hydroxylation sites is 1. The molecular weight excluding hydrogens is 304 g/mol. The van der Waals surface area contributed by atoms with E-state index in [0.29, 0.717) is 25.6 Å². The number of likely N-dealkylation sites (tertiary alicyclic amines) is 1. The number of hydrogen-bond donors (Lipinski definition) is 2. The first-order valence-electron chi connectivity index (χ1n) is 8.74. The average Bonchev–Trinajstić information content (AvgIpc) is 2.52. The van der Waals surface area contributed by atoms with E-state index in [0.717, 1.165) is 24.2 Å². The minimum atomic E-state index is -0.295. The van der Waals surface area contributed by atoms with Crippen LogP contribution in [0.4, 0.5) is 4.79 Å². The van der Waals surface area contributed by atoms with Crippen LogP contribution >= 0.6 is 0 Å². The van der Waals surface area contributed by atoms with Gasteiger partial charge in [-0.1, -0.05) is 18.2 Å². The Hall–Kier alpha value is -1.75. The van der Waals surface area contributed by atoms with Crippen LogP contribution < -0.4 is 10.1 Å². The third-order valence-corrected chi connectivity index (χ3v) is 4.33. The molecule has 5 nitrogen and oxygen atoms in total. The molecule has 0 bridgehead atoms. The smallest absolute Gasteiger partial charge is 0.317 e. The molecule has 1 fully saturated rings. The van der Waals surface area contributed by atoms with E-state index in [1.807, 2.05) is 56.9 Å². The van der Waals surface area contributed by atoms with Gasteiger partial charge in [-0.2, -0.15) is 0 Å². The summed E-state index contributed by atoms with van der Waals surface area (Å²) in [4.78, 5) is 14.2. The number of amides is 2. The molecule has 1 atom stereocenters. The number of urea groups is 1. The molecule has 1 aromatic rings. The summed E-state index contributed by atoms with van der Waals surface area (Å²) >= 11 is 0. The van der Waals surface area contributed by atoms with Crippen molar-refractivity contribution in [1.29, 1.82) is 0 Å². The molecule has 0 radical (unpaired) electrons. The van der Waals surface area contributed by atoms with Gasteiger partial charge in [-0.25, -0.2) is 4.79 Å². The molecule has 0 aromatic heterocycles. The molecule has 24 heavy (non-hydrogen) atoms. The lowest BCUT2D eigenvalue weighted by atomic mass is 9.92. The lowest BCUT2D eigenvalue weighted by Gasteiger charge is -2.33. The standard InChI is InChI=1S/C19H30N2O3/c1-14(22)15-9-11-21(12-10-15)18(23)20-13-16-7-5-6-8-17(16)24-19(2,3)4/h5-8,14-15,22H,9-13H2,1-4H3,(H,20,23). The minimum Gasteiger partial charge on any atom is -0.488 e. The fourth-order valence-corrected chi connectivity index (χ4v) is 2.95. The summed E-state index contributed by atoms with van der Waals surface area (Å²) < 4.78 is 5.96. The molecule has 1 heterocycles. The molecule has 1 unspecified atom stereocenters. The molecule has 2 amide bonds. The summed E-state index contributed by atoms with van der Waals surface area (Å²) in [6, 6.07) is 7.74. The van der Waals surface area contributed by atoms with Gasteiger partial charge < -0.3 is 20.1 Å². The molecule has 0 aliphatic carbocycles. The predicted octanol–water partition coefficient (Wildman–Crippen LogP) is 3.17. The van der Waals surface area contributed by atoms with Gasteiger partial charge in [0.25, 0.3) is 0 Å². The Bertz CT molecular complexity index is 544. The number of ether oxygens (including phenoxy) is 1. The summed E-state index contributed by atoms with van der Waals surface area (Å²) in [6.07, 6.45) is 1.42. The summed E-state index contributed by atoms with van der Waals surface area (Å²) in [5.41, 5.74) is 0.697. The van der Waals surface area contributed by atoms with Gasteiger partial charge in [0.2, 0.25) is 0 Å². The Kier molecular flexibility index (Phi) is 6.10. The quantitative estimate of drug-likeness (QED) is 0.889. The van der Waals surface area contributed by atoms with Crippen molar-refractivity contribution >= 4 is 6.03 Å². The predicted molar refractivity (Wildman–Crippen MR) is 95.0 cm³/mol. The highest BCUT2D eigenvalue weighted by Gasteiger charge is 2.25. The van der Waals surface area contributed by atoms with Crippen molar-refractivity contribution in [1.82, 2.24) is 10.2 Å². The SMILES string of the molecule is CC(O)C1CCN(C(=O)NCc2ccccc2OC(C)(C)C)CC1. The zero-order valence-corrected chi connectivity index (χ0v) is 15.2. The van der Waals surface area contributed by atoms with Crippen molar-refractivity contribution in [2.24, 2.45) is 5.92 Å². The highest BCUT2D eigenvalue weighted by Crippen LogP contribution is 2.23. The lowest BCUT2D eigenvalue weighted by Crippen LogP contribution is -2.45. The molecule has 2 rings (SSSR count). The zero-order chi connectivity index (χ0) is 17.7. The van der Waals surface area contributed by atoms with Gasteiger partial charge in [0, 0.05) is 25.2 Å². The van der Waals surface area contributed by atoms with Crippen LogP contribution in [0.2, 0.25) is 0 Å². The lowest BCUT2D eigenvalue weighted by molar-refractivity contribution is 0.0797. The summed E-state index contributed by atoms with van der Waals surface area (Å²) in [7, 11) is 0. The van der Waals surface area contributed by atoms with Gasteiger partial charge in [-0.15, -0.1) is 0 Å². The second-order valence-electron chi connectivity index (χ2n) is 7.55. The molecule has 2 N–H and O–H groups in total. The van der Waals surface area contributed by atoms with Gasteiger partial charge in [0.15, 0.2) is 0 Å². The number of rotatable bonds is 4. The van der Waals surface area contributed by atoms with E-state index in [9.17, 15) is 9.90 Å². The van der Waals surface area contributed by atoms with Crippen LogP contribution in [-0.2, 0) is 6.54 Å². The monoisotopic (exact) mass is 334 g/mol. The average molecular weight is 334 g/mol. The topological polar surface area (TPSA) is 61.8 Å². The fourth-order valence-electron chi connectivity index (χ4n) is 2.95. The summed E-state index contributed by atoms with van der Waals surface area (Å²) in [5, 5.41) is 12.6. The molecule has 1 aliphatic heterocycles. The van der Waals surface area contributed by atoms with E-state index in [4.69, 9.17) is 4.74 Å². The Balaban J connectivity index is 1.89. The number of piperidine rings is 1. The number of benzene rings is 1. The molecule has 1 aliphatic rings. The third kappa shape index (κ3) is 5.41. The first kappa shape index (κ1) is 18.6. The van der Waals surface area contributed by atoms with Crippen LogP contribution in [0.15, 0.2) is 24.3 Å². The van der Waals surface area contributed by atoms with Crippen molar-refractivity contribution < 1.29 is 14.6 Å². The first-order valence-corrected chi connectivity index (χ1v) is 8.74. The van der Waals surface area contributed by atoms with Crippen molar-refractivity contribution in [2.45, 2.75) is 58.8 Å². The minimum absolute atomic E-state index is 0.0513. The van der Waals surface area contributed by atoms with Crippen molar-refractivity contribution in [3.8, 4) is 5.75 Å². The number of aliphatic hydroxyl groups is 1. The number of hydrogen-bond acceptors (Lipinski definition) is 3. The van der Waals surface area contributed by atoms with E-state index in [-0.39, 0.29) is 17.7 Å². The zero-order valence-electron chi connectivity index (χ0n) is 15.2. The maximum absolute atomic E-state index is 12.4. The molecule has 1 saturated heterocycles. The Labute approximate surface area is 145 Å². The van der Waals surface area contributed by atoms with E-state index >= 15 is 0 Å². The molecule has 5 heteroatoms. The number of nitrogens with one attached hydrogen (secondary N) is 1. The summed E-state index contributed by atoms with van der Waals surface area (Å²) in [5.74, 6) is 1.10. The van der Waals surface area contributed by atoms with E-state index < -0.39 is 0 Å². The van der Waals surface area contributed by atoms with Gasteiger partial charge in [-0.05, 0) is 52.5 Å². The normalized spacial score (nSPS) is 17.5. The highest BCUT2D eigenvalue weighted by atomic mass is 16.5. The largest absolute Gasteiger partial charge is 0.488 e. The molecule has 1 aromatic carbocycles. The Morgan fingerprint density at radius 2 is 1.96 bits per heavy atom. The highest BCUT2D eigenvalue weighted by molar-refractivity contribution is 5.74. The van der Waals surface area contributed by atoms with Crippen molar-refractivity contribution in [3.63, 3.8) is 0 Å². The van der Waals surface area contributed by atoms with Crippen LogP contribution in [0.5, 0.6) is 5.75 Å². The number of aliphatic hydroxyl groups excluding tert-OH is 1. The van der Waals surface area contributed by atoms with Crippen LogP contribution in [0.1, 0.15) is 46.1 Å². The van der Waals surface area contributed by atoms with Gasteiger partial charge in [0.1, 0.15) is 11.4 Å².